The molecule has 10 heteroatoms. The maximum absolute atomic E-state index is 12.9. The Bertz CT molecular complexity index is 1930. The van der Waals surface area contributed by atoms with Crippen LogP contribution in [0, 0.1) is 55.4 Å². The third-order valence-electron chi connectivity index (χ3n) is 9.36. The molecule has 0 aromatic heterocycles. The van der Waals surface area contributed by atoms with Crippen LogP contribution in [0.5, 0.6) is 11.5 Å². The van der Waals surface area contributed by atoms with Gasteiger partial charge in [-0.25, -0.2) is 0 Å². The number of ketones is 2. The Morgan fingerprint density at radius 2 is 0.966 bits per heavy atom. The van der Waals surface area contributed by atoms with E-state index in [1.807, 2.05) is 128 Å². The van der Waals surface area contributed by atoms with E-state index in [1.54, 1.807) is 0 Å². The molecule has 0 heterocycles. The maximum atomic E-state index is 12.9. The van der Waals surface area contributed by atoms with E-state index in [0.717, 1.165) is 56.5 Å². The van der Waals surface area contributed by atoms with E-state index >= 15 is 0 Å². The second-order valence-corrected chi connectivity index (χ2v) is 14.5. The number of benzene rings is 4. The van der Waals surface area contributed by atoms with Crippen molar-refractivity contribution in [1.82, 2.24) is 0 Å². The van der Waals surface area contributed by atoms with Crippen LogP contribution in [0.1, 0.15) is 93.7 Å². The van der Waals surface area contributed by atoms with E-state index in [9.17, 15) is 29.1 Å². The first-order chi connectivity index (χ1) is 27.4. The zero-order valence-electron chi connectivity index (χ0n) is 35.9. The number of aryl methyl sites for hydroxylation is 8. The van der Waals surface area contributed by atoms with Crippen molar-refractivity contribution >= 4 is 29.8 Å². The Morgan fingerprint density at radius 3 is 1.34 bits per heavy atom. The zero-order valence-corrected chi connectivity index (χ0v) is 35.9. The molecule has 4 aromatic carbocycles. The molecule has 312 valence electrons. The lowest BCUT2D eigenvalue weighted by Gasteiger charge is -2.21. The van der Waals surface area contributed by atoms with Crippen molar-refractivity contribution in [2.75, 3.05) is 27.4 Å². The number of aliphatic hydroxyl groups is 1. The summed E-state index contributed by atoms with van der Waals surface area (Å²) < 4.78 is 20.5. The van der Waals surface area contributed by atoms with E-state index in [-0.39, 0.29) is 24.6 Å². The average Bonchev–Trinajstić information content (AvgIpc) is 3.15. The Morgan fingerprint density at radius 1 is 0.586 bits per heavy atom. The number of ether oxygens (including phenoxy) is 4. The minimum Gasteiger partial charge on any atom is -0.493 e. The monoisotopic (exact) mass is 796 g/mol. The number of aldehydes is 1. The molecule has 0 spiro atoms. The molecular weight excluding hydrogens is 737 g/mol. The highest BCUT2D eigenvalue weighted by molar-refractivity contribution is 6.05. The zero-order chi connectivity index (χ0) is 43.5. The third-order valence-corrected chi connectivity index (χ3v) is 9.36. The summed E-state index contributed by atoms with van der Waals surface area (Å²) in [4.78, 5) is 58.6. The molecule has 0 saturated carbocycles. The normalized spacial score (nSPS) is 11.9. The first-order valence-electron chi connectivity index (χ1n) is 19.3. The van der Waals surface area contributed by atoms with Crippen LogP contribution in [0.3, 0.4) is 0 Å². The highest BCUT2D eigenvalue weighted by atomic mass is 16.5. The first kappa shape index (κ1) is 48.5. The molecular formula is C48H60O10. The predicted octanol–water partition coefficient (Wildman–Crippen LogP) is 8.39. The molecule has 0 aliphatic heterocycles. The average molecular weight is 797 g/mol. The topological polar surface area (TPSA) is 143 Å². The summed E-state index contributed by atoms with van der Waals surface area (Å²) >= 11 is 0. The van der Waals surface area contributed by atoms with Crippen LogP contribution < -0.4 is 9.47 Å². The highest BCUT2D eigenvalue weighted by Gasteiger charge is 2.33. The van der Waals surface area contributed by atoms with E-state index in [2.05, 4.69) is 0 Å². The van der Waals surface area contributed by atoms with Crippen molar-refractivity contribution in [2.45, 2.75) is 99.5 Å². The predicted molar refractivity (Wildman–Crippen MR) is 226 cm³/mol. The fourth-order valence-electron chi connectivity index (χ4n) is 6.68. The minimum absolute atomic E-state index is 0.135. The number of aliphatic hydroxyl groups excluding tert-OH is 1. The van der Waals surface area contributed by atoms with Gasteiger partial charge >= 0.3 is 11.9 Å². The van der Waals surface area contributed by atoms with Crippen LogP contribution in [0.15, 0.2) is 72.8 Å². The highest BCUT2D eigenvalue weighted by Crippen LogP contribution is 2.29. The maximum Gasteiger partial charge on any atom is 0.320 e. The SMILES string of the molecule is COC(=O)C(C(=O)CC(O)CCOc1ccc(C)cc1)c1c(C)cc(C)cc1C.COC(=O)C(C(C)=O)c1c(C)cc(C)cc1C.Cc1ccc(OCCC=O)cc1. The van der Waals surface area contributed by atoms with Gasteiger partial charge in [-0.1, -0.05) is 70.8 Å². The van der Waals surface area contributed by atoms with E-state index in [4.69, 9.17) is 18.9 Å². The Hall–Kier alpha value is -5.61. The van der Waals surface area contributed by atoms with Crippen LogP contribution in [-0.2, 0) is 33.4 Å². The fourth-order valence-corrected chi connectivity index (χ4v) is 6.68. The number of hydrogen-bond acceptors (Lipinski definition) is 10. The molecule has 0 bridgehead atoms. The van der Waals surface area contributed by atoms with Crippen LogP contribution in [0.25, 0.3) is 0 Å². The number of carbonyl (C=O) groups excluding carboxylic acids is 5. The Labute approximate surface area is 343 Å². The number of methoxy groups -OCH3 is 2. The second kappa shape index (κ2) is 24.2. The molecule has 0 saturated heterocycles. The van der Waals surface area contributed by atoms with Crippen LogP contribution >= 0.6 is 0 Å². The largest absolute Gasteiger partial charge is 0.493 e. The van der Waals surface area contributed by atoms with Gasteiger partial charge in [0.2, 0.25) is 0 Å². The third kappa shape index (κ3) is 15.4. The fraction of sp³-hybridized carbons (Fsp3) is 0.396. The number of hydrogen-bond donors (Lipinski definition) is 1. The van der Waals surface area contributed by atoms with E-state index in [1.165, 1.54) is 26.7 Å². The minimum atomic E-state index is -1.03. The second-order valence-electron chi connectivity index (χ2n) is 14.5. The summed E-state index contributed by atoms with van der Waals surface area (Å²) in [5.41, 5.74) is 9.60. The van der Waals surface area contributed by atoms with Gasteiger partial charge in [-0.2, -0.15) is 0 Å². The quantitative estimate of drug-likeness (QED) is 0.0509. The van der Waals surface area contributed by atoms with Gasteiger partial charge < -0.3 is 28.8 Å². The number of rotatable bonds is 16. The molecule has 0 aliphatic rings. The number of esters is 2. The molecule has 1 N–H and O–H groups in total. The van der Waals surface area contributed by atoms with Gasteiger partial charge in [0.25, 0.3) is 0 Å². The summed E-state index contributed by atoms with van der Waals surface area (Å²) in [6.45, 7) is 17.7. The van der Waals surface area contributed by atoms with Crippen molar-refractivity contribution in [3.63, 3.8) is 0 Å². The summed E-state index contributed by atoms with van der Waals surface area (Å²) in [5, 5.41) is 10.3. The van der Waals surface area contributed by atoms with Crippen LogP contribution in [0.2, 0.25) is 0 Å². The summed E-state index contributed by atoms with van der Waals surface area (Å²) in [5.74, 6) is -1.94. The molecule has 0 amide bonds. The van der Waals surface area contributed by atoms with Gasteiger partial charge in [0, 0.05) is 19.3 Å². The molecule has 0 fully saturated rings. The van der Waals surface area contributed by atoms with Gasteiger partial charge in [-0.15, -0.1) is 0 Å². The molecule has 4 rings (SSSR count). The summed E-state index contributed by atoms with van der Waals surface area (Å²) in [6, 6.07) is 23.2. The van der Waals surface area contributed by atoms with Gasteiger partial charge in [-0.05, 0) is 120 Å². The van der Waals surface area contributed by atoms with Gasteiger partial charge in [0.05, 0.1) is 33.5 Å². The lowest BCUT2D eigenvalue weighted by atomic mass is 9.85. The molecule has 58 heavy (non-hydrogen) atoms. The molecule has 3 unspecified atom stereocenters. The van der Waals surface area contributed by atoms with Gasteiger partial charge in [0.1, 0.15) is 35.4 Å². The molecule has 0 radical (unpaired) electrons. The van der Waals surface area contributed by atoms with Crippen molar-refractivity contribution < 1.29 is 48.0 Å². The van der Waals surface area contributed by atoms with Crippen LogP contribution in [0.4, 0.5) is 0 Å². The van der Waals surface area contributed by atoms with Crippen molar-refractivity contribution in [3.05, 3.63) is 128 Å². The van der Waals surface area contributed by atoms with Gasteiger partial charge in [0.15, 0.2) is 5.78 Å². The van der Waals surface area contributed by atoms with E-state index in [0.29, 0.717) is 30.8 Å². The summed E-state index contributed by atoms with van der Waals surface area (Å²) in [7, 11) is 2.57. The Balaban J connectivity index is 0.000000336. The number of carbonyl (C=O) groups is 5. The molecule has 4 aromatic rings. The smallest absolute Gasteiger partial charge is 0.320 e. The van der Waals surface area contributed by atoms with Crippen molar-refractivity contribution in [1.29, 1.82) is 0 Å². The Kier molecular flexibility index (Phi) is 20.3. The molecule has 3 atom stereocenters. The molecule has 0 aliphatic carbocycles. The lowest BCUT2D eigenvalue weighted by Crippen LogP contribution is -2.28. The van der Waals surface area contributed by atoms with Crippen molar-refractivity contribution in [2.24, 2.45) is 0 Å². The van der Waals surface area contributed by atoms with E-state index < -0.39 is 29.9 Å². The standard InChI is InChI=1S/C24H30O5.C14H18O3.C10H12O2/c1-15-6-8-20(9-7-15)29-11-10-19(25)14-21(26)23(24(27)28-5)22-17(3)12-16(2)13-18(22)4;1-8-6-9(2)12(10(3)7-8)13(11(4)15)14(16)17-5;1-9-3-5-10(6-4-9)12-8-2-7-11/h6-9,12-13,19,23,25H,10-11,14H2,1-5H3;6-7,13H,1-5H3;3-7H,2,8H2,1H3. The summed E-state index contributed by atoms with van der Waals surface area (Å²) in [6.07, 6.45) is 0.566. The number of Topliss-reactive ketones (excluding diaryl/α,β-unsaturated/α-hetero) is 2. The van der Waals surface area contributed by atoms with Gasteiger partial charge in [-0.3, -0.25) is 19.2 Å². The molecule has 10 nitrogen and oxygen atoms in total. The van der Waals surface area contributed by atoms with Crippen LogP contribution in [-0.4, -0.2) is 68.4 Å². The first-order valence-corrected chi connectivity index (χ1v) is 19.3. The lowest BCUT2D eigenvalue weighted by molar-refractivity contribution is -0.147. The van der Waals surface area contributed by atoms with Crippen molar-refractivity contribution in [3.8, 4) is 11.5 Å².